The van der Waals surface area contributed by atoms with Crippen molar-refractivity contribution in [3.63, 3.8) is 0 Å². The summed E-state index contributed by atoms with van der Waals surface area (Å²) in [6.07, 6.45) is 1.95. The van der Waals surface area contributed by atoms with E-state index < -0.39 is 6.10 Å². The minimum Gasteiger partial charge on any atom is -0.465 e. The van der Waals surface area contributed by atoms with Gasteiger partial charge >= 0.3 is 0 Å². The zero-order chi connectivity index (χ0) is 10.9. The minimum absolute atomic E-state index is 0.0955. The van der Waals surface area contributed by atoms with Crippen LogP contribution in [0.3, 0.4) is 0 Å². The molecule has 0 saturated carbocycles. The number of hydrogen-bond acceptors (Lipinski definition) is 3. The molecular weight excluding hydrogens is 192 g/mol. The molecule has 3 heteroatoms. The minimum atomic E-state index is -0.543. The van der Waals surface area contributed by atoms with E-state index in [9.17, 15) is 9.90 Å². The van der Waals surface area contributed by atoms with Gasteiger partial charge in [0.05, 0.1) is 6.10 Å². The van der Waals surface area contributed by atoms with Gasteiger partial charge in [-0.25, -0.2) is 0 Å². The van der Waals surface area contributed by atoms with Crippen LogP contribution >= 0.6 is 0 Å². The molecule has 1 aromatic rings. The summed E-state index contributed by atoms with van der Waals surface area (Å²) in [6, 6.07) is 10.1. The van der Waals surface area contributed by atoms with Gasteiger partial charge in [-0.15, -0.1) is 0 Å². The maximum absolute atomic E-state index is 9.87. The van der Waals surface area contributed by atoms with Crippen molar-refractivity contribution < 1.29 is 14.6 Å². The fourth-order valence-corrected chi connectivity index (χ4v) is 1.42. The van der Waals surface area contributed by atoms with Gasteiger partial charge < -0.3 is 9.84 Å². The van der Waals surface area contributed by atoms with Crippen LogP contribution in [0.4, 0.5) is 0 Å². The first-order chi connectivity index (χ1) is 7.33. The summed E-state index contributed by atoms with van der Waals surface area (Å²) in [5, 5.41) is 9.37. The summed E-state index contributed by atoms with van der Waals surface area (Å²) in [5.41, 5.74) is 1.26. The molecule has 0 spiro atoms. The monoisotopic (exact) mass is 208 g/mol. The van der Waals surface area contributed by atoms with Crippen LogP contribution in [0.5, 0.6) is 0 Å². The highest BCUT2D eigenvalue weighted by atomic mass is 16.5. The summed E-state index contributed by atoms with van der Waals surface area (Å²) in [5.74, 6) is 0. The van der Waals surface area contributed by atoms with E-state index in [1.165, 1.54) is 5.56 Å². The Labute approximate surface area is 89.7 Å². The molecule has 0 saturated heterocycles. The lowest BCUT2D eigenvalue weighted by atomic mass is 10.1. The van der Waals surface area contributed by atoms with Crippen LogP contribution in [0.25, 0.3) is 0 Å². The maximum atomic E-state index is 9.87. The summed E-state index contributed by atoms with van der Waals surface area (Å²) in [4.78, 5) is 9.87. The van der Waals surface area contributed by atoms with Crippen LogP contribution in [0.2, 0.25) is 0 Å². The third-order valence-corrected chi connectivity index (χ3v) is 2.20. The number of carbonyl (C=O) groups is 1. The zero-order valence-corrected chi connectivity index (χ0v) is 8.63. The fourth-order valence-electron chi connectivity index (χ4n) is 1.42. The number of benzene rings is 1. The van der Waals surface area contributed by atoms with Crippen molar-refractivity contribution in [2.24, 2.45) is 0 Å². The van der Waals surface area contributed by atoms with Gasteiger partial charge in [-0.3, -0.25) is 4.79 Å². The molecule has 1 N–H and O–H groups in total. The van der Waals surface area contributed by atoms with Gasteiger partial charge in [0.1, 0.15) is 6.61 Å². The van der Waals surface area contributed by atoms with Crippen molar-refractivity contribution in [1.29, 1.82) is 0 Å². The number of ether oxygens (including phenoxy) is 1. The van der Waals surface area contributed by atoms with Crippen molar-refractivity contribution >= 4 is 6.47 Å². The number of aliphatic hydroxyl groups is 1. The molecule has 1 unspecified atom stereocenters. The molecule has 1 atom stereocenters. The smallest absolute Gasteiger partial charge is 0.293 e. The number of hydrogen-bond donors (Lipinski definition) is 1. The van der Waals surface area contributed by atoms with Gasteiger partial charge in [0.15, 0.2) is 0 Å². The average Bonchev–Trinajstić information content (AvgIpc) is 2.28. The number of aryl methyl sites for hydroxylation is 1. The Morgan fingerprint density at radius 2 is 2.07 bits per heavy atom. The first kappa shape index (κ1) is 11.7. The van der Waals surface area contributed by atoms with Gasteiger partial charge in [0, 0.05) is 0 Å². The van der Waals surface area contributed by atoms with Gasteiger partial charge in [-0.2, -0.15) is 0 Å². The molecule has 0 aliphatic heterocycles. The Hall–Kier alpha value is -1.35. The molecule has 0 radical (unpaired) electrons. The van der Waals surface area contributed by atoms with E-state index in [1.807, 2.05) is 18.2 Å². The molecule has 0 heterocycles. The molecule has 3 nitrogen and oxygen atoms in total. The SMILES string of the molecule is O=COCC(O)CCCc1ccccc1. The molecule has 1 rings (SSSR count). The van der Waals surface area contributed by atoms with Gasteiger partial charge in [-0.1, -0.05) is 30.3 Å². The second-order valence-electron chi connectivity index (χ2n) is 3.46. The first-order valence-electron chi connectivity index (χ1n) is 5.10. The molecule has 0 bridgehead atoms. The predicted octanol–water partition coefficient (Wildman–Crippen LogP) is 1.54. The Bertz CT molecular complexity index is 271. The van der Waals surface area contributed by atoms with E-state index in [0.29, 0.717) is 12.9 Å². The quantitative estimate of drug-likeness (QED) is 0.691. The summed E-state index contributed by atoms with van der Waals surface area (Å²) < 4.78 is 4.47. The average molecular weight is 208 g/mol. The summed E-state index contributed by atoms with van der Waals surface area (Å²) >= 11 is 0. The Balaban J connectivity index is 2.13. The molecule has 82 valence electrons. The lowest BCUT2D eigenvalue weighted by Crippen LogP contribution is -2.14. The van der Waals surface area contributed by atoms with Crippen LogP contribution in [-0.4, -0.2) is 24.3 Å². The third kappa shape index (κ3) is 5.18. The van der Waals surface area contributed by atoms with Crippen LogP contribution in [0, 0.1) is 0 Å². The van der Waals surface area contributed by atoms with E-state index in [2.05, 4.69) is 16.9 Å². The molecule has 0 aromatic heterocycles. The maximum Gasteiger partial charge on any atom is 0.293 e. The lowest BCUT2D eigenvalue weighted by molar-refractivity contribution is -0.131. The van der Waals surface area contributed by atoms with E-state index in [-0.39, 0.29) is 6.61 Å². The Morgan fingerprint density at radius 1 is 1.33 bits per heavy atom. The molecule has 15 heavy (non-hydrogen) atoms. The van der Waals surface area contributed by atoms with Crippen LogP contribution in [0.15, 0.2) is 30.3 Å². The molecule has 0 aliphatic rings. The molecular formula is C12H16O3. The highest BCUT2D eigenvalue weighted by Crippen LogP contribution is 2.06. The second kappa shape index (κ2) is 7.01. The normalized spacial score (nSPS) is 12.1. The first-order valence-corrected chi connectivity index (χ1v) is 5.10. The largest absolute Gasteiger partial charge is 0.465 e. The van der Waals surface area contributed by atoms with Crippen molar-refractivity contribution in [2.75, 3.05) is 6.61 Å². The predicted molar refractivity (Wildman–Crippen MR) is 57.4 cm³/mol. The number of aliphatic hydroxyl groups excluding tert-OH is 1. The van der Waals surface area contributed by atoms with Crippen molar-refractivity contribution in [3.8, 4) is 0 Å². The summed E-state index contributed by atoms with van der Waals surface area (Å²) in [6.45, 7) is 0.457. The van der Waals surface area contributed by atoms with Gasteiger partial charge in [-0.05, 0) is 24.8 Å². The van der Waals surface area contributed by atoms with Crippen molar-refractivity contribution in [3.05, 3.63) is 35.9 Å². The van der Waals surface area contributed by atoms with Crippen molar-refractivity contribution in [1.82, 2.24) is 0 Å². The zero-order valence-electron chi connectivity index (χ0n) is 8.63. The lowest BCUT2D eigenvalue weighted by Gasteiger charge is -2.08. The van der Waals surface area contributed by atoms with Crippen LogP contribution < -0.4 is 0 Å². The highest BCUT2D eigenvalue weighted by Gasteiger charge is 2.03. The van der Waals surface area contributed by atoms with Gasteiger partial charge in [0.2, 0.25) is 0 Å². The van der Waals surface area contributed by atoms with Gasteiger partial charge in [0.25, 0.3) is 6.47 Å². The highest BCUT2D eigenvalue weighted by molar-refractivity contribution is 5.36. The molecule has 0 aliphatic carbocycles. The van der Waals surface area contributed by atoms with E-state index in [4.69, 9.17) is 0 Å². The summed E-state index contributed by atoms with van der Waals surface area (Å²) in [7, 11) is 0. The third-order valence-electron chi connectivity index (χ3n) is 2.20. The van der Waals surface area contributed by atoms with E-state index in [0.717, 1.165) is 12.8 Å². The van der Waals surface area contributed by atoms with Crippen LogP contribution in [0.1, 0.15) is 18.4 Å². The Morgan fingerprint density at radius 3 is 2.73 bits per heavy atom. The number of rotatable bonds is 7. The van der Waals surface area contributed by atoms with E-state index in [1.54, 1.807) is 0 Å². The topological polar surface area (TPSA) is 46.5 Å². The Kier molecular flexibility index (Phi) is 5.48. The standard InChI is InChI=1S/C12H16O3/c13-10-15-9-12(14)8-4-7-11-5-2-1-3-6-11/h1-3,5-6,10,12,14H,4,7-9H2. The molecule has 0 fully saturated rings. The van der Waals surface area contributed by atoms with Crippen molar-refractivity contribution in [2.45, 2.75) is 25.4 Å². The second-order valence-corrected chi connectivity index (χ2v) is 3.46. The number of carbonyl (C=O) groups excluding carboxylic acids is 1. The van der Waals surface area contributed by atoms with Crippen LogP contribution in [-0.2, 0) is 16.0 Å². The molecule has 0 amide bonds. The fraction of sp³-hybridized carbons (Fsp3) is 0.417. The van der Waals surface area contributed by atoms with E-state index >= 15 is 0 Å². The molecule has 1 aromatic carbocycles.